The van der Waals surface area contributed by atoms with Gasteiger partial charge in [0, 0.05) is 12.8 Å². The fourth-order valence-electron chi connectivity index (χ4n) is 0.565. The SMILES string of the molecule is O=C1CCC(=O)N1O.O=P(O)(O)O. The molecule has 13 heavy (non-hydrogen) atoms. The van der Waals surface area contributed by atoms with E-state index in [-0.39, 0.29) is 17.9 Å². The van der Waals surface area contributed by atoms with Crippen molar-refractivity contribution in [3.8, 4) is 0 Å². The Morgan fingerprint density at radius 3 is 1.38 bits per heavy atom. The van der Waals surface area contributed by atoms with Crippen molar-refractivity contribution in [3.05, 3.63) is 0 Å². The van der Waals surface area contributed by atoms with Crippen molar-refractivity contribution >= 4 is 19.6 Å². The molecule has 9 heteroatoms. The molecule has 0 spiro atoms. The molecule has 1 rings (SSSR count). The van der Waals surface area contributed by atoms with Gasteiger partial charge in [-0.25, -0.2) is 4.57 Å². The zero-order chi connectivity index (χ0) is 10.6. The molecule has 4 N–H and O–H groups in total. The van der Waals surface area contributed by atoms with Gasteiger partial charge in [0.2, 0.25) is 0 Å². The number of carbonyl (C=O) groups excluding carboxylic acids is 2. The standard InChI is InChI=1S/C4H5NO3.H3O4P/c6-3-1-2-4(7)5(3)8;1-5(2,3)4/h8H,1-2H2;(H3,1,2,3,4). The van der Waals surface area contributed by atoms with Crippen molar-refractivity contribution < 1.29 is 34.0 Å². The maximum Gasteiger partial charge on any atom is 0.466 e. The average molecular weight is 213 g/mol. The first-order chi connectivity index (χ1) is 5.72. The van der Waals surface area contributed by atoms with Gasteiger partial charge in [0.05, 0.1) is 0 Å². The number of carbonyl (C=O) groups is 2. The van der Waals surface area contributed by atoms with Crippen LogP contribution in [-0.2, 0) is 14.2 Å². The molecule has 1 aliphatic heterocycles. The second-order valence-corrected chi connectivity index (χ2v) is 3.14. The number of nitrogens with zero attached hydrogens (tertiary/aromatic N) is 1. The van der Waals surface area contributed by atoms with E-state index in [1.54, 1.807) is 0 Å². The Balaban J connectivity index is 0.000000252. The molecule has 1 saturated heterocycles. The predicted octanol–water partition coefficient (Wildman–Crippen LogP) is -1.40. The summed E-state index contributed by atoms with van der Waals surface area (Å²) in [7, 11) is -4.64. The summed E-state index contributed by atoms with van der Waals surface area (Å²) >= 11 is 0. The average Bonchev–Trinajstić information content (AvgIpc) is 2.16. The van der Waals surface area contributed by atoms with Gasteiger partial charge >= 0.3 is 7.82 Å². The van der Waals surface area contributed by atoms with E-state index in [2.05, 4.69) is 0 Å². The highest BCUT2D eigenvalue weighted by Gasteiger charge is 2.26. The first kappa shape index (κ1) is 12.2. The highest BCUT2D eigenvalue weighted by Crippen LogP contribution is 2.25. The van der Waals surface area contributed by atoms with Gasteiger partial charge in [-0.15, -0.1) is 0 Å². The molecule has 0 bridgehead atoms. The molecule has 1 heterocycles. The van der Waals surface area contributed by atoms with Crippen molar-refractivity contribution in [1.82, 2.24) is 5.06 Å². The summed E-state index contributed by atoms with van der Waals surface area (Å²) in [4.78, 5) is 42.0. The Morgan fingerprint density at radius 1 is 1.08 bits per heavy atom. The van der Waals surface area contributed by atoms with Crippen LogP contribution in [0.15, 0.2) is 0 Å². The number of rotatable bonds is 0. The third kappa shape index (κ3) is 6.38. The molecule has 0 aromatic heterocycles. The van der Waals surface area contributed by atoms with Gasteiger partial charge < -0.3 is 14.7 Å². The molecule has 0 unspecified atom stereocenters. The smallest absolute Gasteiger partial charge is 0.303 e. The first-order valence-corrected chi connectivity index (χ1v) is 4.61. The normalized spacial score (nSPS) is 17.1. The number of phosphoric acid groups is 1. The topological polar surface area (TPSA) is 135 Å². The molecule has 0 aromatic carbocycles. The Morgan fingerprint density at radius 2 is 1.31 bits per heavy atom. The second kappa shape index (κ2) is 4.45. The number of amides is 2. The molecule has 0 saturated carbocycles. The van der Waals surface area contributed by atoms with Crippen LogP contribution in [0.2, 0.25) is 0 Å². The third-order valence-corrected chi connectivity index (χ3v) is 1.03. The van der Waals surface area contributed by atoms with E-state index in [0.717, 1.165) is 0 Å². The zero-order valence-electron chi connectivity index (χ0n) is 6.32. The summed E-state index contributed by atoms with van der Waals surface area (Å²) in [6.45, 7) is 0. The van der Waals surface area contributed by atoms with Gasteiger partial charge in [0.15, 0.2) is 0 Å². The Bertz CT molecular complexity index is 233. The molecular weight excluding hydrogens is 205 g/mol. The highest BCUT2D eigenvalue weighted by atomic mass is 31.2. The van der Waals surface area contributed by atoms with Crippen LogP contribution in [-0.4, -0.2) is 36.8 Å². The molecule has 0 aliphatic carbocycles. The van der Waals surface area contributed by atoms with Crippen LogP contribution >= 0.6 is 7.82 Å². The minimum atomic E-state index is -4.64. The van der Waals surface area contributed by atoms with Crippen molar-refractivity contribution in [3.63, 3.8) is 0 Å². The Labute approximate surface area is 72.6 Å². The Kier molecular flexibility index (Phi) is 4.18. The summed E-state index contributed by atoms with van der Waals surface area (Å²) in [6.07, 6.45) is 0.296. The number of hydroxylamine groups is 2. The van der Waals surface area contributed by atoms with Gasteiger partial charge in [0.1, 0.15) is 0 Å². The predicted molar refractivity (Wildman–Crippen MR) is 37.1 cm³/mol. The third-order valence-electron chi connectivity index (χ3n) is 1.03. The second-order valence-electron chi connectivity index (χ2n) is 2.11. The number of hydrogen-bond acceptors (Lipinski definition) is 4. The minimum Gasteiger partial charge on any atom is -0.303 e. The fraction of sp³-hybridized carbons (Fsp3) is 0.500. The summed E-state index contributed by atoms with van der Waals surface area (Å²) in [5.41, 5.74) is 0. The maximum atomic E-state index is 10.2. The summed E-state index contributed by atoms with van der Waals surface area (Å²) in [6, 6.07) is 0. The van der Waals surface area contributed by atoms with Crippen LogP contribution in [0.1, 0.15) is 12.8 Å². The van der Waals surface area contributed by atoms with Gasteiger partial charge in [-0.05, 0) is 0 Å². The summed E-state index contributed by atoms with van der Waals surface area (Å²) < 4.78 is 8.88. The van der Waals surface area contributed by atoms with Crippen molar-refractivity contribution in [1.29, 1.82) is 0 Å². The molecule has 0 atom stereocenters. The summed E-state index contributed by atoms with van der Waals surface area (Å²) in [5.74, 6) is -1.01. The fourth-order valence-corrected chi connectivity index (χ4v) is 0.565. The summed E-state index contributed by atoms with van der Waals surface area (Å²) in [5, 5.41) is 8.57. The quantitative estimate of drug-likeness (QED) is 0.220. The number of hydrogen-bond donors (Lipinski definition) is 4. The largest absolute Gasteiger partial charge is 0.466 e. The van der Waals surface area contributed by atoms with E-state index < -0.39 is 19.6 Å². The van der Waals surface area contributed by atoms with Crippen molar-refractivity contribution in [2.75, 3.05) is 0 Å². The molecule has 0 radical (unpaired) electrons. The van der Waals surface area contributed by atoms with Crippen LogP contribution in [0, 0.1) is 0 Å². The van der Waals surface area contributed by atoms with E-state index in [0.29, 0.717) is 0 Å². The van der Waals surface area contributed by atoms with Gasteiger partial charge in [0.25, 0.3) is 11.8 Å². The van der Waals surface area contributed by atoms with Gasteiger partial charge in [-0.1, -0.05) is 0 Å². The van der Waals surface area contributed by atoms with Crippen molar-refractivity contribution in [2.45, 2.75) is 12.8 Å². The van der Waals surface area contributed by atoms with Crippen LogP contribution in [0.25, 0.3) is 0 Å². The van der Waals surface area contributed by atoms with E-state index in [4.69, 9.17) is 24.5 Å². The Hall–Kier alpha value is -0.790. The highest BCUT2D eigenvalue weighted by molar-refractivity contribution is 7.45. The molecule has 1 fully saturated rings. The molecule has 0 aromatic rings. The van der Waals surface area contributed by atoms with Gasteiger partial charge in [-0.3, -0.25) is 14.8 Å². The minimum absolute atomic E-state index is 0.148. The lowest BCUT2D eigenvalue weighted by atomic mass is 10.4. The van der Waals surface area contributed by atoms with Crippen LogP contribution in [0.4, 0.5) is 0 Å². The van der Waals surface area contributed by atoms with E-state index in [1.165, 1.54) is 0 Å². The van der Waals surface area contributed by atoms with E-state index >= 15 is 0 Å². The van der Waals surface area contributed by atoms with E-state index in [9.17, 15) is 9.59 Å². The van der Waals surface area contributed by atoms with Crippen LogP contribution < -0.4 is 0 Å². The van der Waals surface area contributed by atoms with Crippen LogP contribution in [0.3, 0.4) is 0 Å². The first-order valence-electron chi connectivity index (χ1n) is 3.05. The zero-order valence-corrected chi connectivity index (χ0v) is 7.22. The van der Waals surface area contributed by atoms with Gasteiger partial charge in [-0.2, -0.15) is 5.06 Å². The lowest BCUT2D eigenvalue weighted by Gasteiger charge is -1.98. The molecule has 76 valence electrons. The maximum absolute atomic E-state index is 10.2. The number of imide groups is 1. The van der Waals surface area contributed by atoms with Crippen molar-refractivity contribution in [2.24, 2.45) is 0 Å². The molecular formula is C4H8NO7P. The van der Waals surface area contributed by atoms with E-state index in [1.807, 2.05) is 0 Å². The molecule has 8 nitrogen and oxygen atoms in total. The lowest BCUT2D eigenvalue weighted by molar-refractivity contribution is -0.171. The lowest BCUT2D eigenvalue weighted by Crippen LogP contribution is -2.24. The molecule has 1 aliphatic rings. The van der Waals surface area contributed by atoms with Crippen LogP contribution in [0.5, 0.6) is 0 Å². The molecule has 2 amide bonds. The monoisotopic (exact) mass is 213 g/mol.